The molecule has 6 nitrogen and oxygen atoms in total. The SMILES string of the molecule is CCC(NC1CCC2(CC1)OCCO2)C(=O)N1CCOCC1. The zero-order valence-corrected chi connectivity index (χ0v) is 13.5. The van der Waals surface area contributed by atoms with Crippen molar-refractivity contribution in [3.8, 4) is 0 Å². The largest absolute Gasteiger partial charge is 0.378 e. The van der Waals surface area contributed by atoms with Gasteiger partial charge in [0.25, 0.3) is 0 Å². The summed E-state index contributed by atoms with van der Waals surface area (Å²) in [6.45, 7) is 6.24. The van der Waals surface area contributed by atoms with Gasteiger partial charge in [-0.25, -0.2) is 0 Å². The van der Waals surface area contributed by atoms with E-state index in [-0.39, 0.29) is 17.7 Å². The maximum Gasteiger partial charge on any atom is 0.239 e. The van der Waals surface area contributed by atoms with E-state index in [1.165, 1.54) is 0 Å². The molecule has 0 bridgehead atoms. The molecule has 2 saturated heterocycles. The van der Waals surface area contributed by atoms with Crippen molar-refractivity contribution in [2.24, 2.45) is 0 Å². The summed E-state index contributed by atoms with van der Waals surface area (Å²) in [4.78, 5) is 14.5. The molecule has 1 N–H and O–H groups in total. The number of nitrogens with one attached hydrogen (secondary N) is 1. The lowest BCUT2D eigenvalue weighted by Gasteiger charge is -2.38. The fourth-order valence-electron chi connectivity index (χ4n) is 3.66. The third kappa shape index (κ3) is 3.62. The molecule has 126 valence electrons. The Hall–Kier alpha value is -0.690. The molecule has 0 aromatic rings. The molecular formula is C16H28N2O4. The Morgan fingerprint density at radius 3 is 2.41 bits per heavy atom. The molecular weight excluding hydrogens is 284 g/mol. The minimum absolute atomic E-state index is 0.0810. The van der Waals surface area contributed by atoms with Crippen LogP contribution in [0.2, 0.25) is 0 Å². The summed E-state index contributed by atoms with van der Waals surface area (Å²) in [5.41, 5.74) is 0. The molecule has 0 aromatic carbocycles. The first-order valence-corrected chi connectivity index (χ1v) is 8.63. The highest BCUT2D eigenvalue weighted by molar-refractivity contribution is 5.82. The molecule has 3 fully saturated rings. The van der Waals surface area contributed by atoms with E-state index in [2.05, 4.69) is 12.2 Å². The van der Waals surface area contributed by atoms with Gasteiger partial charge in [0.05, 0.1) is 32.5 Å². The van der Waals surface area contributed by atoms with E-state index < -0.39 is 0 Å². The molecule has 2 aliphatic heterocycles. The van der Waals surface area contributed by atoms with Crippen molar-refractivity contribution in [3.63, 3.8) is 0 Å². The van der Waals surface area contributed by atoms with Crippen molar-refractivity contribution in [1.29, 1.82) is 0 Å². The predicted molar refractivity (Wildman–Crippen MR) is 81.5 cm³/mol. The number of hydrogen-bond donors (Lipinski definition) is 1. The molecule has 1 saturated carbocycles. The lowest BCUT2D eigenvalue weighted by molar-refractivity contribution is -0.180. The van der Waals surface area contributed by atoms with Crippen molar-refractivity contribution in [2.45, 2.75) is 56.9 Å². The van der Waals surface area contributed by atoms with E-state index in [9.17, 15) is 4.79 Å². The summed E-state index contributed by atoms with van der Waals surface area (Å²) in [5, 5.41) is 3.57. The van der Waals surface area contributed by atoms with Crippen molar-refractivity contribution in [2.75, 3.05) is 39.5 Å². The Labute approximate surface area is 132 Å². The number of carbonyl (C=O) groups excluding carboxylic acids is 1. The molecule has 1 spiro atoms. The van der Waals surface area contributed by atoms with E-state index in [4.69, 9.17) is 14.2 Å². The van der Waals surface area contributed by atoms with Crippen LogP contribution < -0.4 is 5.32 Å². The zero-order valence-electron chi connectivity index (χ0n) is 13.5. The van der Waals surface area contributed by atoms with Gasteiger partial charge in [-0.15, -0.1) is 0 Å². The topological polar surface area (TPSA) is 60.0 Å². The molecule has 1 amide bonds. The van der Waals surface area contributed by atoms with Crippen LogP contribution in [0.4, 0.5) is 0 Å². The summed E-state index contributed by atoms with van der Waals surface area (Å²) >= 11 is 0. The van der Waals surface area contributed by atoms with Crippen LogP contribution in [-0.4, -0.2) is 68.2 Å². The lowest BCUT2D eigenvalue weighted by atomic mass is 9.89. The van der Waals surface area contributed by atoms with E-state index in [0.717, 1.165) is 32.1 Å². The van der Waals surface area contributed by atoms with Gasteiger partial charge >= 0.3 is 0 Å². The van der Waals surface area contributed by atoms with Gasteiger partial charge < -0.3 is 24.4 Å². The van der Waals surface area contributed by atoms with Crippen LogP contribution in [0.15, 0.2) is 0 Å². The number of rotatable bonds is 4. The minimum atomic E-state index is -0.325. The highest BCUT2D eigenvalue weighted by Crippen LogP contribution is 2.35. The van der Waals surface area contributed by atoms with Crippen LogP contribution in [0.1, 0.15) is 39.0 Å². The minimum Gasteiger partial charge on any atom is -0.378 e. The van der Waals surface area contributed by atoms with Crippen molar-refractivity contribution in [3.05, 3.63) is 0 Å². The summed E-state index contributed by atoms with van der Waals surface area (Å²) in [7, 11) is 0. The summed E-state index contributed by atoms with van der Waals surface area (Å²) < 4.78 is 16.9. The number of hydrogen-bond acceptors (Lipinski definition) is 5. The number of amides is 1. The van der Waals surface area contributed by atoms with Gasteiger partial charge in [0, 0.05) is 32.0 Å². The Morgan fingerprint density at radius 2 is 1.82 bits per heavy atom. The van der Waals surface area contributed by atoms with Crippen molar-refractivity contribution >= 4 is 5.91 Å². The van der Waals surface area contributed by atoms with Gasteiger partial charge in [0.15, 0.2) is 5.79 Å². The lowest BCUT2D eigenvalue weighted by Crippen LogP contribution is -2.53. The summed E-state index contributed by atoms with van der Waals surface area (Å²) in [6, 6.07) is 0.302. The highest BCUT2D eigenvalue weighted by atomic mass is 16.7. The maximum atomic E-state index is 12.6. The van der Waals surface area contributed by atoms with Crippen LogP contribution in [0.3, 0.4) is 0 Å². The zero-order chi connectivity index (χ0) is 15.4. The van der Waals surface area contributed by atoms with E-state index in [1.54, 1.807) is 0 Å². The maximum absolute atomic E-state index is 12.6. The average Bonchev–Trinajstić information content (AvgIpc) is 3.03. The number of ether oxygens (including phenoxy) is 3. The van der Waals surface area contributed by atoms with Crippen LogP contribution in [-0.2, 0) is 19.0 Å². The Kier molecular flexibility index (Phi) is 5.33. The molecule has 1 aliphatic carbocycles. The highest BCUT2D eigenvalue weighted by Gasteiger charge is 2.41. The van der Waals surface area contributed by atoms with Crippen molar-refractivity contribution in [1.82, 2.24) is 10.2 Å². The second-order valence-corrected chi connectivity index (χ2v) is 6.45. The molecule has 6 heteroatoms. The average molecular weight is 312 g/mol. The fraction of sp³-hybridized carbons (Fsp3) is 0.938. The summed E-state index contributed by atoms with van der Waals surface area (Å²) in [6.07, 6.45) is 4.68. The number of nitrogens with zero attached hydrogens (tertiary/aromatic N) is 1. The number of carbonyl (C=O) groups is 1. The Bertz CT molecular complexity index is 368. The fourth-order valence-corrected chi connectivity index (χ4v) is 3.66. The normalized spacial score (nSPS) is 27.2. The Morgan fingerprint density at radius 1 is 1.18 bits per heavy atom. The smallest absolute Gasteiger partial charge is 0.239 e. The molecule has 3 aliphatic rings. The first-order chi connectivity index (χ1) is 10.7. The predicted octanol–water partition coefficient (Wildman–Crippen LogP) is 0.899. The van der Waals surface area contributed by atoms with Gasteiger partial charge in [-0.3, -0.25) is 4.79 Å². The van der Waals surface area contributed by atoms with Gasteiger partial charge in [-0.2, -0.15) is 0 Å². The van der Waals surface area contributed by atoms with Crippen LogP contribution in [0.5, 0.6) is 0 Å². The molecule has 1 atom stereocenters. The molecule has 0 aromatic heterocycles. The Balaban J connectivity index is 1.49. The van der Waals surface area contributed by atoms with Gasteiger partial charge in [-0.05, 0) is 19.3 Å². The first-order valence-electron chi connectivity index (χ1n) is 8.63. The van der Waals surface area contributed by atoms with Gasteiger partial charge in [0.1, 0.15) is 0 Å². The molecule has 0 radical (unpaired) electrons. The quantitative estimate of drug-likeness (QED) is 0.836. The second kappa shape index (κ2) is 7.25. The van der Waals surface area contributed by atoms with Crippen LogP contribution >= 0.6 is 0 Å². The summed E-state index contributed by atoms with van der Waals surface area (Å²) in [5.74, 6) is -0.104. The van der Waals surface area contributed by atoms with Gasteiger partial charge in [-0.1, -0.05) is 6.92 Å². The molecule has 3 rings (SSSR count). The second-order valence-electron chi connectivity index (χ2n) is 6.45. The van der Waals surface area contributed by atoms with E-state index in [0.29, 0.717) is 45.6 Å². The standard InChI is InChI=1S/C16H28N2O4/c1-2-14(15(19)18-7-9-20-10-8-18)17-13-3-5-16(6-4-13)21-11-12-22-16/h13-14,17H,2-12H2,1H3. The van der Waals surface area contributed by atoms with Gasteiger partial charge in [0.2, 0.25) is 5.91 Å². The third-order valence-electron chi connectivity index (χ3n) is 5.03. The third-order valence-corrected chi connectivity index (χ3v) is 5.03. The molecule has 1 unspecified atom stereocenters. The van der Waals surface area contributed by atoms with Crippen LogP contribution in [0, 0.1) is 0 Å². The molecule has 22 heavy (non-hydrogen) atoms. The van der Waals surface area contributed by atoms with E-state index in [1.807, 2.05) is 4.90 Å². The van der Waals surface area contributed by atoms with Crippen LogP contribution in [0.25, 0.3) is 0 Å². The van der Waals surface area contributed by atoms with Crippen molar-refractivity contribution < 1.29 is 19.0 Å². The molecule has 2 heterocycles. The first kappa shape index (κ1) is 16.2. The monoisotopic (exact) mass is 312 g/mol. The number of morpholine rings is 1. The van der Waals surface area contributed by atoms with E-state index >= 15 is 0 Å².